The molecule has 2 aromatic rings. The lowest BCUT2D eigenvalue weighted by Gasteiger charge is -2.18. The molecule has 0 aliphatic heterocycles. The van der Waals surface area contributed by atoms with Crippen LogP contribution in [0.25, 0.3) is 0 Å². The number of carbonyl (C=O) groups excluding carboxylic acids is 1. The van der Waals surface area contributed by atoms with Gasteiger partial charge >= 0.3 is 0 Å². The minimum atomic E-state index is -0.606. The highest BCUT2D eigenvalue weighted by Crippen LogP contribution is 2.20. The minimum absolute atomic E-state index is 0.0141. The largest absolute Gasteiger partial charge is 0.496 e. The molecule has 4 nitrogen and oxygen atoms in total. The number of methoxy groups -OCH3 is 1. The first-order valence-corrected chi connectivity index (χ1v) is 7.71. The highest BCUT2D eigenvalue weighted by atomic mass is 32.1. The van der Waals surface area contributed by atoms with Crippen LogP contribution in [0.2, 0.25) is 0 Å². The van der Waals surface area contributed by atoms with Crippen LogP contribution in [0, 0.1) is 0 Å². The van der Waals surface area contributed by atoms with E-state index < -0.39 is 6.04 Å². The van der Waals surface area contributed by atoms with E-state index in [0.717, 1.165) is 16.2 Å². The van der Waals surface area contributed by atoms with Gasteiger partial charge in [-0.25, -0.2) is 0 Å². The Hall–Kier alpha value is -1.85. The molecule has 0 spiro atoms. The third-order valence-corrected chi connectivity index (χ3v) is 4.19. The van der Waals surface area contributed by atoms with E-state index in [-0.39, 0.29) is 11.9 Å². The fraction of sp³-hybridized carbons (Fsp3) is 0.312. The molecular formula is C16H20N2O2S. The number of rotatable bonds is 6. The summed E-state index contributed by atoms with van der Waals surface area (Å²) in [6.07, 6.45) is 0.701. The summed E-state index contributed by atoms with van der Waals surface area (Å²) in [5, 5.41) is 4.87. The van der Waals surface area contributed by atoms with Crippen LogP contribution in [-0.2, 0) is 11.2 Å². The molecule has 5 heteroatoms. The average Bonchev–Trinajstić information content (AvgIpc) is 3.01. The Morgan fingerprint density at radius 3 is 2.76 bits per heavy atom. The number of nitrogens with two attached hydrogens (primary N) is 1. The van der Waals surface area contributed by atoms with Gasteiger partial charge in [0.2, 0.25) is 5.91 Å². The van der Waals surface area contributed by atoms with Crippen LogP contribution in [0.4, 0.5) is 0 Å². The zero-order valence-corrected chi connectivity index (χ0v) is 13.0. The van der Waals surface area contributed by atoms with Crippen molar-refractivity contribution in [2.75, 3.05) is 7.11 Å². The van der Waals surface area contributed by atoms with Gasteiger partial charge in [0.05, 0.1) is 7.11 Å². The second-order valence-electron chi connectivity index (χ2n) is 4.92. The standard InChI is InChI=1S/C16H20N2O2S/c1-11(10-12-6-3-4-7-13(12)20-2)18-16(19)15(17)14-8-5-9-21-14/h3-9,11,15H,10,17H2,1-2H3,(H,18,19). The zero-order valence-electron chi connectivity index (χ0n) is 12.2. The molecule has 1 heterocycles. The van der Waals surface area contributed by atoms with Gasteiger partial charge in [0.15, 0.2) is 0 Å². The second-order valence-corrected chi connectivity index (χ2v) is 5.90. The van der Waals surface area contributed by atoms with Crippen LogP contribution in [0.5, 0.6) is 5.75 Å². The fourth-order valence-electron chi connectivity index (χ4n) is 2.18. The molecule has 1 aromatic heterocycles. The summed E-state index contributed by atoms with van der Waals surface area (Å²) in [7, 11) is 1.65. The Balaban J connectivity index is 1.95. The van der Waals surface area contributed by atoms with Crippen LogP contribution in [0.1, 0.15) is 23.4 Å². The fourth-order valence-corrected chi connectivity index (χ4v) is 2.91. The van der Waals surface area contributed by atoms with Gasteiger partial charge in [0.1, 0.15) is 11.8 Å². The van der Waals surface area contributed by atoms with Crippen molar-refractivity contribution in [2.45, 2.75) is 25.4 Å². The molecule has 0 fully saturated rings. The topological polar surface area (TPSA) is 64.3 Å². The van der Waals surface area contributed by atoms with Gasteiger partial charge in [-0.15, -0.1) is 11.3 Å². The monoisotopic (exact) mass is 304 g/mol. The Morgan fingerprint density at radius 2 is 2.10 bits per heavy atom. The van der Waals surface area contributed by atoms with Crippen molar-refractivity contribution >= 4 is 17.2 Å². The molecule has 0 aliphatic rings. The summed E-state index contributed by atoms with van der Waals surface area (Å²) in [5.41, 5.74) is 7.02. The number of amides is 1. The molecule has 0 radical (unpaired) electrons. The lowest BCUT2D eigenvalue weighted by atomic mass is 10.1. The quantitative estimate of drug-likeness (QED) is 0.862. The molecule has 1 aromatic carbocycles. The van der Waals surface area contributed by atoms with E-state index in [1.54, 1.807) is 7.11 Å². The van der Waals surface area contributed by atoms with Gasteiger partial charge < -0.3 is 15.8 Å². The van der Waals surface area contributed by atoms with E-state index in [9.17, 15) is 4.79 Å². The van der Waals surface area contributed by atoms with E-state index in [4.69, 9.17) is 10.5 Å². The van der Waals surface area contributed by atoms with Gasteiger partial charge in [-0.2, -0.15) is 0 Å². The van der Waals surface area contributed by atoms with Gasteiger partial charge in [0.25, 0.3) is 0 Å². The van der Waals surface area contributed by atoms with Crippen LogP contribution in [0.15, 0.2) is 41.8 Å². The number of ether oxygens (including phenoxy) is 1. The Morgan fingerprint density at radius 1 is 1.33 bits per heavy atom. The van der Waals surface area contributed by atoms with Gasteiger partial charge in [-0.3, -0.25) is 4.79 Å². The van der Waals surface area contributed by atoms with E-state index in [1.165, 1.54) is 11.3 Å². The lowest BCUT2D eigenvalue weighted by Crippen LogP contribution is -2.40. The molecule has 21 heavy (non-hydrogen) atoms. The van der Waals surface area contributed by atoms with E-state index in [1.807, 2.05) is 48.7 Å². The van der Waals surface area contributed by atoms with E-state index in [0.29, 0.717) is 6.42 Å². The molecule has 0 saturated carbocycles. The Kier molecular flexibility index (Phi) is 5.36. The molecule has 3 N–H and O–H groups in total. The van der Waals surface area contributed by atoms with Crippen molar-refractivity contribution in [3.63, 3.8) is 0 Å². The van der Waals surface area contributed by atoms with Crippen LogP contribution >= 0.6 is 11.3 Å². The van der Waals surface area contributed by atoms with Crippen LogP contribution in [0.3, 0.4) is 0 Å². The first-order chi connectivity index (χ1) is 10.1. The summed E-state index contributed by atoms with van der Waals surface area (Å²) >= 11 is 1.49. The normalized spacial score (nSPS) is 13.5. The first-order valence-electron chi connectivity index (χ1n) is 6.83. The maximum atomic E-state index is 12.1. The van der Waals surface area contributed by atoms with Gasteiger partial charge in [-0.1, -0.05) is 24.3 Å². The number of nitrogens with one attached hydrogen (secondary N) is 1. The number of thiophene rings is 1. The molecule has 0 bridgehead atoms. The maximum Gasteiger partial charge on any atom is 0.242 e. The van der Waals surface area contributed by atoms with Crippen molar-refractivity contribution in [3.05, 3.63) is 52.2 Å². The van der Waals surface area contributed by atoms with Crippen molar-refractivity contribution in [1.29, 1.82) is 0 Å². The summed E-state index contributed by atoms with van der Waals surface area (Å²) in [4.78, 5) is 13.0. The molecule has 0 saturated heterocycles. The highest BCUT2D eigenvalue weighted by Gasteiger charge is 2.19. The van der Waals surface area contributed by atoms with E-state index in [2.05, 4.69) is 5.32 Å². The predicted molar refractivity (Wildman–Crippen MR) is 85.6 cm³/mol. The van der Waals surface area contributed by atoms with Gasteiger partial charge in [0, 0.05) is 10.9 Å². The number of carbonyl (C=O) groups is 1. The predicted octanol–water partition coefficient (Wildman–Crippen LogP) is 2.50. The second kappa shape index (κ2) is 7.24. The van der Waals surface area contributed by atoms with Gasteiger partial charge in [-0.05, 0) is 36.4 Å². The van der Waals surface area contributed by atoms with Crippen molar-refractivity contribution in [1.82, 2.24) is 5.32 Å². The van der Waals surface area contributed by atoms with Crippen molar-refractivity contribution < 1.29 is 9.53 Å². The molecule has 0 aliphatic carbocycles. The number of hydrogen-bond donors (Lipinski definition) is 2. The summed E-state index contributed by atoms with van der Waals surface area (Å²) in [6, 6.07) is 11.0. The average molecular weight is 304 g/mol. The third kappa shape index (κ3) is 4.06. The van der Waals surface area contributed by atoms with Crippen LogP contribution in [-0.4, -0.2) is 19.1 Å². The summed E-state index contributed by atoms with van der Waals surface area (Å²) in [5.74, 6) is 0.681. The maximum absolute atomic E-state index is 12.1. The van der Waals surface area contributed by atoms with Crippen molar-refractivity contribution in [2.24, 2.45) is 5.73 Å². The first kappa shape index (κ1) is 15.5. The molecule has 2 unspecified atom stereocenters. The molecule has 2 rings (SSSR count). The molecular weight excluding hydrogens is 284 g/mol. The SMILES string of the molecule is COc1ccccc1CC(C)NC(=O)C(N)c1cccs1. The number of para-hydroxylation sites is 1. The van der Waals surface area contributed by atoms with E-state index >= 15 is 0 Å². The molecule has 2 atom stereocenters. The molecule has 1 amide bonds. The summed E-state index contributed by atoms with van der Waals surface area (Å²) in [6.45, 7) is 1.96. The molecule has 112 valence electrons. The Labute approximate surface area is 128 Å². The Bertz CT molecular complexity index is 584. The minimum Gasteiger partial charge on any atom is -0.496 e. The zero-order chi connectivity index (χ0) is 15.2. The van der Waals surface area contributed by atoms with Crippen LogP contribution < -0.4 is 15.8 Å². The number of hydrogen-bond acceptors (Lipinski definition) is 4. The lowest BCUT2D eigenvalue weighted by molar-refractivity contribution is -0.123. The van der Waals surface area contributed by atoms with Crippen molar-refractivity contribution in [3.8, 4) is 5.75 Å². The third-order valence-electron chi connectivity index (χ3n) is 3.24. The highest BCUT2D eigenvalue weighted by molar-refractivity contribution is 7.10. The smallest absolute Gasteiger partial charge is 0.242 e. The summed E-state index contributed by atoms with van der Waals surface area (Å²) < 4.78 is 5.32. The number of benzene rings is 1.